The van der Waals surface area contributed by atoms with E-state index in [9.17, 15) is 9.59 Å². The van der Waals surface area contributed by atoms with Crippen LogP contribution in [0.3, 0.4) is 0 Å². The lowest BCUT2D eigenvalue weighted by atomic mass is 10.0. The van der Waals surface area contributed by atoms with Crippen LogP contribution in [0.2, 0.25) is 5.02 Å². The summed E-state index contributed by atoms with van der Waals surface area (Å²) in [5.41, 5.74) is 3.81. The van der Waals surface area contributed by atoms with Gasteiger partial charge < -0.3 is 15.0 Å². The highest BCUT2D eigenvalue weighted by Gasteiger charge is 2.25. The number of aliphatic imine (C=N–C) groups is 1. The second-order valence-corrected chi connectivity index (χ2v) is 10.5. The lowest BCUT2D eigenvalue weighted by molar-refractivity contribution is 0.0860. The van der Waals surface area contributed by atoms with Gasteiger partial charge in [-0.3, -0.25) is 9.79 Å². The van der Waals surface area contributed by atoms with Gasteiger partial charge in [0.2, 0.25) is 0 Å². The number of amides is 2. The second kappa shape index (κ2) is 13.5. The molecule has 0 bridgehead atoms. The number of nitrogens with one attached hydrogen (secondary N) is 1. The maximum Gasteiger partial charge on any atom is 0.409 e. The van der Waals surface area contributed by atoms with Crippen LogP contribution < -0.4 is 5.32 Å². The fourth-order valence-electron chi connectivity index (χ4n) is 4.19. The molecule has 6 nitrogen and oxygen atoms in total. The quantitative estimate of drug-likeness (QED) is 0.293. The normalized spacial score (nSPS) is 14.3. The molecule has 5 rings (SSSR count). The van der Waals surface area contributed by atoms with Gasteiger partial charge in [0.1, 0.15) is 0 Å². The first-order chi connectivity index (χ1) is 18.5. The smallest absolute Gasteiger partial charge is 0.409 e. The molecular weight excluding hydrogens is 518 g/mol. The summed E-state index contributed by atoms with van der Waals surface area (Å²) in [7, 11) is 0. The molecule has 3 aromatic carbocycles. The molecule has 2 aliphatic heterocycles. The molecule has 198 valence electrons. The van der Waals surface area contributed by atoms with Crippen LogP contribution in [0.1, 0.15) is 48.2 Å². The van der Waals surface area contributed by atoms with Crippen molar-refractivity contribution in [1.82, 2.24) is 10.2 Å². The molecule has 1 N–H and O–H groups in total. The van der Waals surface area contributed by atoms with Crippen molar-refractivity contribution in [2.24, 2.45) is 4.99 Å². The summed E-state index contributed by atoms with van der Waals surface area (Å²) in [5.74, 6) is -0.107. The van der Waals surface area contributed by atoms with Gasteiger partial charge in [-0.25, -0.2) is 4.79 Å². The van der Waals surface area contributed by atoms with Crippen molar-refractivity contribution in [2.75, 3.05) is 19.7 Å². The molecule has 1 fully saturated rings. The topological polar surface area (TPSA) is 71.0 Å². The molecule has 3 aromatic rings. The highest BCUT2D eigenvalue weighted by Crippen LogP contribution is 2.39. The van der Waals surface area contributed by atoms with E-state index in [0.717, 1.165) is 45.3 Å². The van der Waals surface area contributed by atoms with Crippen LogP contribution in [0, 0.1) is 0 Å². The van der Waals surface area contributed by atoms with Gasteiger partial charge in [-0.05, 0) is 68.1 Å². The van der Waals surface area contributed by atoms with Gasteiger partial charge in [-0.1, -0.05) is 60.6 Å². The maximum absolute atomic E-state index is 12.7. The standard InChI is InChI=1S/C22H23N3O3S.C8H9Cl/c1-2-28-22(27)25-11-9-17(10-12-25)24-21(26)15-7-8-20-18(13-15)23-14-16-5-3-4-6-19(16)29-20;1-2-7-3-5-8(9)6-4-7/h3-8,13-14,17H,2,9-12H2,1H3,(H,24,26);3-6H,2H2,1H3. The monoisotopic (exact) mass is 549 g/mol. The van der Waals surface area contributed by atoms with Gasteiger partial charge in [-0.15, -0.1) is 0 Å². The van der Waals surface area contributed by atoms with Crippen molar-refractivity contribution in [3.63, 3.8) is 0 Å². The van der Waals surface area contributed by atoms with Gasteiger partial charge in [0.15, 0.2) is 0 Å². The van der Waals surface area contributed by atoms with E-state index < -0.39 is 0 Å². The SMILES string of the molecule is CCOC(=O)N1CCC(NC(=O)c2ccc3c(c2)N=Cc2ccccc2S3)CC1.CCc1ccc(Cl)cc1. The maximum atomic E-state index is 12.7. The summed E-state index contributed by atoms with van der Waals surface area (Å²) in [6, 6.07) is 21.7. The molecule has 0 unspecified atom stereocenters. The molecule has 0 radical (unpaired) electrons. The average Bonchev–Trinajstić information content (AvgIpc) is 3.13. The largest absolute Gasteiger partial charge is 0.450 e. The van der Waals surface area contributed by atoms with E-state index in [4.69, 9.17) is 16.3 Å². The molecule has 0 spiro atoms. The van der Waals surface area contributed by atoms with Crippen LogP contribution >= 0.6 is 23.4 Å². The zero-order valence-electron chi connectivity index (χ0n) is 21.7. The third kappa shape index (κ3) is 7.39. The van der Waals surface area contributed by atoms with E-state index in [1.54, 1.807) is 23.6 Å². The minimum atomic E-state index is -0.278. The van der Waals surface area contributed by atoms with Crippen molar-refractivity contribution >= 4 is 47.3 Å². The molecule has 2 aliphatic rings. The highest BCUT2D eigenvalue weighted by molar-refractivity contribution is 7.99. The van der Waals surface area contributed by atoms with Crippen molar-refractivity contribution in [3.05, 3.63) is 88.4 Å². The molecule has 1 saturated heterocycles. The Morgan fingerprint density at radius 1 is 1.03 bits per heavy atom. The van der Waals surface area contributed by atoms with Gasteiger partial charge in [0.05, 0.1) is 12.3 Å². The van der Waals surface area contributed by atoms with Crippen molar-refractivity contribution in [3.8, 4) is 0 Å². The van der Waals surface area contributed by atoms with Crippen LogP contribution in [0.15, 0.2) is 81.5 Å². The number of aryl methyl sites for hydroxylation is 1. The highest BCUT2D eigenvalue weighted by atomic mass is 35.5. The van der Waals surface area contributed by atoms with Crippen LogP contribution in [-0.4, -0.2) is 48.9 Å². The van der Waals surface area contributed by atoms with E-state index in [1.807, 2.05) is 66.9 Å². The number of halogens is 1. The molecule has 0 saturated carbocycles. The van der Waals surface area contributed by atoms with Crippen LogP contribution in [0.4, 0.5) is 10.5 Å². The molecule has 0 aromatic heterocycles. The number of carbonyl (C=O) groups is 2. The molecule has 2 amide bonds. The Balaban J connectivity index is 0.000000317. The Labute approximate surface area is 233 Å². The molecule has 8 heteroatoms. The number of benzene rings is 3. The number of hydrogen-bond acceptors (Lipinski definition) is 5. The minimum absolute atomic E-state index is 0.0501. The van der Waals surface area contributed by atoms with E-state index in [1.165, 1.54) is 5.56 Å². The fraction of sp³-hybridized carbons (Fsp3) is 0.300. The summed E-state index contributed by atoms with van der Waals surface area (Å²) in [6.45, 7) is 5.48. The van der Waals surface area contributed by atoms with Gasteiger partial charge >= 0.3 is 6.09 Å². The summed E-state index contributed by atoms with van der Waals surface area (Å²) < 4.78 is 5.04. The summed E-state index contributed by atoms with van der Waals surface area (Å²) in [4.78, 5) is 33.0. The third-order valence-electron chi connectivity index (χ3n) is 6.38. The van der Waals surface area contributed by atoms with Gasteiger partial charge in [0, 0.05) is 51.3 Å². The molecule has 38 heavy (non-hydrogen) atoms. The van der Waals surface area contributed by atoms with Gasteiger partial charge in [-0.2, -0.15) is 0 Å². The first-order valence-electron chi connectivity index (χ1n) is 12.9. The Kier molecular flexibility index (Phi) is 9.85. The average molecular weight is 550 g/mol. The Morgan fingerprint density at radius 2 is 1.76 bits per heavy atom. The summed E-state index contributed by atoms with van der Waals surface area (Å²) >= 11 is 7.33. The van der Waals surface area contributed by atoms with Crippen molar-refractivity contribution < 1.29 is 14.3 Å². The number of hydrogen-bond donors (Lipinski definition) is 1. The van der Waals surface area contributed by atoms with Crippen molar-refractivity contribution in [1.29, 1.82) is 0 Å². The molecule has 0 aliphatic carbocycles. The number of ether oxygens (including phenoxy) is 1. The fourth-order valence-corrected chi connectivity index (χ4v) is 5.29. The second-order valence-electron chi connectivity index (χ2n) is 8.99. The number of nitrogens with zero attached hydrogens (tertiary/aromatic N) is 2. The third-order valence-corrected chi connectivity index (χ3v) is 7.79. The predicted octanol–water partition coefficient (Wildman–Crippen LogP) is 7.15. The Morgan fingerprint density at radius 3 is 2.47 bits per heavy atom. The molecule has 2 heterocycles. The number of rotatable bonds is 4. The summed E-state index contributed by atoms with van der Waals surface area (Å²) in [5, 5.41) is 3.90. The van der Waals surface area contributed by atoms with E-state index in [-0.39, 0.29) is 18.0 Å². The van der Waals surface area contributed by atoms with E-state index in [2.05, 4.69) is 23.3 Å². The van der Waals surface area contributed by atoms with Gasteiger partial charge in [0.25, 0.3) is 5.91 Å². The number of likely N-dealkylation sites (tertiary alicyclic amines) is 1. The lowest BCUT2D eigenvalue weighted by Gasteiger charge is -2.31. The lowest BCUT2D eigenvalue weighted by Crippen LogP contribution is -2.46. The summed E-state index contributed by atoms with van der Waals surface area (Å²) in [6.07, 6.45) is 4.09. The predicted molar refractivity (Wildman–Crippen MR) is 154 cm³/mol. The van der Waals surface area contributed by atoms with Crippen LogP contribution in [0.5, 0.6) is 0 Å². The Bertz CT molecular complexity index is 1290. The zero-order chi connectivity index (χ0) is 26.9. The van der Waals surface area contributed by atoms with Crippen LogP contribution in [-0.2, 0) is 11.2 Å². The molecule has 0 atom stereocenters. The molecular formula is C30H32ClN3O3S. The van der Waals surface area contributed by atoms with Crippen molar-refractivity contribution in [2.45, 2.75) is 48.9 Å². The number of piperidine rings is 1. The van der Waals surface area contributed by atoms with E-state index >= 15 is 0 Å². The number of carbonyl (C=O) groups excluding carboxylic acids is 2. The first-order valence-corrected chi connectivity index (χ1v) is 14.1. The van der Waals surface area contributed by atoms with E-state index in [0.29, 0.717) is 25.3 Å². The Hall–Kier alpha value is -3.29. The zero-order valence-corrected chi connectivity index (χ0v) is 23.2. The minimum Gasteiger partial charge on any atom is -0.450 e. The van der Waals surface area contributed by atoms with Crippen LogP contribution in [0.25, 0.3) is 0 Å². The first kappa shape index (κ1) is 27.7. The number of fused-ring (bicyclic) bond motifs is 2.